The van der Waals surface area contributed by atoms with Crippen LogP contribution in [0.5, 0.6) is 0 Å². The normalized spacial score (nSPS) is 17.5. The topological polar surface area (TPSA) is 229 Å². The second-order valence-corrected chi connectivity index (χ2v) is 10.6. The Labute approximate surface area is 240 Å². The molecule has 1 fully saturated rings. The molecule has 0 spiro atoms. The number of nitrogens with two attached hydrogens (primary N) is 1. The van der Waals surface area contributed by atoms with Gasteiger partial charge in [0.05, 0.1) is 13.1 Å². The van der Waals surface area contributed by atoms with E-state index >= 15 is 0 Å². The van der Waals surface area contributed by atoms with Gasteiger partial charge in [0.25, 0.3) is 0 Å². The van der Waals surface area contributed by atoms with E-state index in [-0.39, 0.29) is 30.7 Å². The van der Waals surface area contributed by atoms with E-state index in [0.717, 1.165) is 0 Å². The van der Waals surface area contributed by atoms with Crippen LogP contribution < -0.4 is 32.3 Å². The van der Waals surface area contributed by atoms with Crippen molar-refractivity contribution in [3.8, 4) is 0 Å². The fourth-order valence-electron chi connectivity index (χ4n) is 4.33. The molecule has 0 aromatic heterocycles. The maximum absolute atomic E-state index is 13.0. The van der Waals surface area contributed by atoms with Gasteiger partial charge in [-0.05, 0) is 38.0 Å². The molecule has 15 heteroatoms. The van der Waals surface area contributed by atoms with Gasteiger partial charge in [-0.15, -0.1) is 0 Å². The summed E-state index contributed by atoms with van der Waals surface area (Å²) in [6.45, 7) is 7.78. The number of aliphatic carboxylic acids is 1. The molecule has 41 heavy (non-hydrogen) atoms. The Balaban J connectivity index is 2.80. The summed E-state index contributed by atoms with van der Waals surface area (Å²) in [6, 6.07) is -3.76. The van der Waals surface area contributed by atoms with E-state index in [4.69, 9.17) is 10.8 Å². The lowest BCUT2D eigenvalue weighted by Gasteiger charge is -2.27. The number of carboxylic acids is 1. The van der Waals surface area contributed by atoms with Crippen LogP contribution in [0.15, 0.2) is 0 Å². The summed E-state index contributed by atoms with van der Waals surface area (Å²) in [6.07, 6.45) is 1.89. The zero-order chi connectivity index (χ0) is 31.3. The zero-order valence-electron chi connectivity index (χ0n) is 24.5. The minimum absolute atomic E-state index is 0.0263. The van der Waals surface area contributed by atoms with Gasteiger partial charge in [-0.25, -0.2) is 0 Å². The highest BCUT2D eigenvalue weighted by molar-refractivity contribution is 5.95. The summed E-state index contributed by atoms with van der Waals surface area (Å²) >= 11 is 0. The molecule has 0 aromatic rings. The SMILES string of the molecule is CC[C@H](C)[C@H](NC(=O)CNC(=O)[C@H](CC(C)C)NC(=O)[C@@H]1CCCN1C(=O)CN)C(=O)N[C@@H](C)C(=O)NCC(=O)O. The molecule has 1 heterocycles. The lowest BCUT2D eigenvalue weighted by molar-refractivity contribution is -0.139. The van der Waals surface area contributed by atoms with Crippen LogP contribution in [0.3, 0.4) is 0 Å². The van der Waals surface area contributed by atoms with Crippen molar-refractivity contribution in [1.29, 1.82) is 0 Å². The van der Waals surface area contributed by atoms with Crippen molar-refractivity contribution in [2.75, 3.05) is 26.2 Å². The van der Waals surface area contributed by atoms with Crippen molar-refractivity contribution >= 4 is 41.4 Å². The lowest BCUT2D eigenvalue weighted by Crippen LogP contribution is -2.57. The first kappa shape index (κ1) is 35.3. The molecule has 1 aliphatic rings. The summed E-state index contributed by atoms with van der Waals surface area (Å²) in [5.41, 5.74) is 5.45. The summed E-state index contributed by atoms with van der Waals surface area (Å²) in [4.78, 5) is 87.7. The minimum atomic E-state index is -1.24. The van der Waals surface area contributed by atoms with Crippen LogP contribution in [0.25, 0.3) is 0 Å². The Bertz CT molecular complexity index is 973. The third-order valence-electron chi connectivity index (χ3n) is 6.79. The number of carboxylic acid groups (broad SMARTS) is 1. The van der Waals surface area contributed by atoms with E-state index in [1.807, 2.05) is 20.8 Å². The molecular formula is C26H45N7O8. The van der Waals surface area contributed by atoms with Gasteiger partial charge in [0.1, 0.15) is 30.7 Å². The fourth-order valence-corrected chi connectivity index (χ4v) is 4.33. The van der Waals surface area contributed by atoms with Crippen LogP contribution in [-0.2, 0) is 33.6 Å². The summed E-state index contributed by atoms with van der Waals surface area (Å²) in [5.74, 6) is -4.95. The molecule has 0 unspecified atom stereocenters. The van der Waals surface area contributed by atoms with Gasteiger partial charge in [-0.3, -0.25) is 33.6 Å². The van der Waals surface area contributed by atoms with E-state index in [1.54, 1.807) is 6.92 Å². The van der Waals surface area contributed by atoms with Crippen LogP contribution >= 0.6 is 0 Å². The van der Waals surface area contributed by atoms with Crippen molar-refractivity contribution < 1.29 is 38.7 Å². The molecule has 1 rings (SSSR count). The Morgan fingerprint density at radius 3 is 2.10 bits per heavy atom. The van der Waals surface area contributed by atoms with Crippen LogP contribution in [-0.4, -0.2) is 102 Å². The van der Waals surface area contributed by atoms with Crippen molar-refractivity contribution in [3.05, 3.63) is 0 Å². The van der Waals surface area contributed by atoms with Crippen LogP contribution in [0.2, 0.25) is 0 Å². The van der Waals surface area contributed by atoms with Gasteiger partial charge in [0.2, 0.25) is 35.4 Å². The van der Waals surface area contributed by atoms with Crippen molar-refractivity contribution in [2.24, 2.45) is 17.6 Å². The van der Waals surface area contributed by atoms with Gasteiger partial charge >= 0.3 is 5.97 Å². The second-order valence-electron chi connectivity index (χ2n) is 10.6. The molecule has 0 aromatic carbocycles. The van der Waals surface area contributed by atoms with E-state index in [9.17, 15) is 33.6 Å². The molecule has 8 N–H and O–H groups in total. The third-order valence-corrected chi connectivity index (χ3v) is 6.79. The van der Waals surface area contributed by atoms with Gasteiger partial charge in [0.15, 0.2) is 0 Å². The summed E-state index contributed by atoms with van der Waals surface area (Å²) < 4.78 is 0. The van der Waals surface area contributed by atoms with E-state index in [2.05, 4.69) is 26.6 Å². The Morgan fingerprint density at radius 1 is 0.902 bits per heavy atom. The van der Waals surface area contributed by atoms with Crippen LogP contribution in [0.1, 0.15) is 60.3 Å². The molecule has 0 radical (unpaired) electrons. The monoisotopic (exact) mass is 583 g/mol. The summed E-state index contributed by atoms with van der Waals surface area (Å²) in [5, 5.41) is 21.1. The number of hydrogen-bond donors (Lipinski definition) is 7. The predicted octanol–water partition coefficient (Wildman–Crippen LogP) is -2.18. The van der Waals surface area contributed by atoms with Crippen LogP contribution in [0, 0.1) is 11.8 Å². The maximum atomic E-state index is 13.0. The molecule has 1 saturated heterocycles. The number of carbonyl (C=O) groups is 7. The average molecular weight is 584 g/mol. The van der Waals surface area contributed by atoms with Gasteiger partial charge < -0.3 is 42.3 Å². The molecule has 6 amide bonds. The quantitative estimate of drug-likeness (QED) is 0.105. The van der Waals surface area contributed by atoms with Gasteiger partial charge in [-0.1, -0.05) is 34.1 Å². The first-order valence-electron chi connectivity index (χ1n) is 13.9. The van der Waals surface area contributed by atoms with Crippen molar-refractivity contribution in [2.45, 2.75) is 84.5 Å². The fraction of sp³-hybridized carbons (Fsp3) is 0.731. The highest BCUT2D eigenvalue weighted by atomic mass is 16.4. The highest BCUT2D eigenvalue weighted by Gasteiger charge is 2.35. The molecule has 5 atom stereocenters. The van der Waals surface area contributed by atoms with Gasteiger partial charge in [0, 0.05) is 6.54 Å². The zero-order valence-corrected chi connectivity index (χ0v) is 24.5. The molecule has 0 saturated carbocycles. The Kier molecular flexibility index (Phi) is 14.8. The molecular weight excluding hydrogens is 538 g/mol. The summed E-state index contributed by atoms with van der Waals surface area (Å²) in [7, 11) is 0. The predicted molar refractivity (Wildman–Crippen MR) is 148 cm³/mol. The first-order valence-corrected chi connectivity index (χ1v) is 13.9. The molecule has 1 aliphatic heterocycles. The molecule has 232 valence electrons. The number of likely N-dealkylation sites (tertiary alicyclic amines) is 1. The Morgan fingerprint density at radius 2 is 1.54 bits per heavy atom. The lowest BCUT2D eigenvalue weighted by atomic mass is 9.98. The van der Waals surface area contributed by atoms with E-state index in [0.29, 0.717) is 25.8 Å². The number of nitrogens with one attached hydrogen (secondary N) is 5. The number of nitrogens with zero attached hydrogens (tertiary/aromatic N) is 1. The molecule has 0 aliphatic carbocycles. The minimum Gasteiger partial charge on any atom is -0.480 e. The average Bonchev–Trinajstić information content (AvgIpc) is 3.41. The standard InChI is InChI=1S/C26H45N7O8/c1-6-15(4)22(26(41)30-16(5)23(38)29-13-21(36)37)32-19(34)12-28-24(39)17(10-14(2)3)31-25(40)18-8-7-9-33(18)20(35)11-27/h14-18,22H,6-13,27H2,1-5H3,(H,28,39)(H,29,38)(H,30,41)(H,31,40)(H,32,34)(H,36,37)/t15-,16-,17-,18-,22-/m0/s1. The molecule has 0 bridgehead atoms. The third kappa shape index (κ3) is 11.7. The number of hydrogen-bond acceptors (Lipinski definition) is 8. The molecule has 15 nitrogen and oxygen atoms in total. The first-order chi connectivity index (χ1) is 19.2. The number of amides is 6. The number of rotatable bonds is 16. The van der Waals surface area contributed by atoms with E-state index < -0.39 is 72.8 Å². The van der Waals surface area contributed by atoms with E-state index in [1.165, 1.54) is 11.8 Å². The smallest absolute Gasteiger partial charge is 0.322 e. The van der Waals surface area contributed by atoms with Crippen LogP contribution in [0.4, 0.5) is 0 Å². The Hall–Kier alpha value is -3.75. The van der Waals surface area contributed by atoms with Crippen molar-refractivity contribution in [1.82, 2.24) is 31.5 Å². The largest absolute Gasteiger partial charge is 0.480 e. The van der Waals surface area contributed by atoms with Gasteiger partial charge in [-0.2, -0.15) is 0 Å². The number of carbonyl (C=O) groups excluding carboxylic acids is 6. The maximum Gasteiger partial charge on any atom is 0.322 e. The highest BCUT2D eigenvalue weighted by Crippen LogP contribution is 2.18. The van der Waals surface area contributed by atoms with Crippen molar-refractivity contribution in [3.63, 3.8) is 0 Å². The second kappa shape index (κ2) is 17.1.